The zero-order valence-corrected chi connectivity index (χ0v) is 16.1. The smallest absolute Gasteiger partial charge is 0.295 e. The van der Waals surface area contributed by atoms with Crippen LogP contribution in [0.25, 0.3) is 10.9 Å². The number of Topliss-reactive ketones (excluding diaryl/α,β-unsaturated/α-hetero) is 1. The van der Waals surface area contributed by atoms with Gasteiger partial charge < -0.3 is 19.1 Å². The molecule has 144 valence electrons. The molecule has 3 aromatic rings. The van der Waals surface area contributed by atoms with E-state index in [4.69, 9.17) is 4.74 Å². The minimum Gasteiger partial charge on any atom is -0.497 e. The Hall–Kier alpha value is -3.28. The van der Waals surface area contributed by atoms with Crippen molar-refractivity contribution in [2.24, 2.45) is 7.05 Å². The number of rotatable bonds is 4. The lowest BCUT2D eigenvalue weighted by molar-refractivity contribution is -0.126. The van der Waals surface area contributed by atoms with Gasteiger partial charge in [0.25, 0.3) is 11.7 Å². The average molecular weight is 377 g/mol. The molecular formula is C22H23N3O3. The van der Waals surface area contributed by atoms with Gasteiger partial charge in [0.05, 0.1) is 12.7 Å². The van der Waals surface area contributed by atoms with Gasteiger partial charge in [-0.1, -0.05) is 18.2 Å². The molecular weight excluding hydrogens is 354 g/mol. The second-order valence-electron chi connectivity index (χ2n) is 6.98. The van der Waals surface area contributed by atoms with E-state index in [9.17, 15) is 9.59 Å². The van der Waals surface area contributed by atoms with E-state index in [1.165, 1.54) is 0 Å². The summed E-state index contributed by atoms with van der Waals surface area (Å²) in [4.78, 5) is 29.5. The molecule has 0 atom stereocenters. The normalized spacial score (nSPS) is 14.4. The number of benzene rings is 2. The molecule has 0 saturated carbocycles. The molecule has 0 aliphatic carbocycles. The fourth-order valence-corrected chi connectivity index (χ4v) is 3.74. The Morgan fingerprint density at radius 3 is 2.29 bits per heavy atom. The van der Waals surface area contributed by atoms with Crippen molar-refractivity contribution in [1.29, 1.82) is 0 Å². The molecule has 1 saturated heterocycles. The van der Waals surface area contributed by atoms with Crippen LogP contribution in [-0.2, 0) is 11.8 Å². The van der Waals surface area contributed by atoms with E-state index in [-0.39, 0.29) is 0 Å². The molecule has 0 unspecified atom stereocenters. The summed E-state index contributed by atoms with van der Waals surface area (Å²) in [5.41, 5.74) is 2.51. The summed E-state index contributed by atoms with van der Waals surface area (Å²) in [6.07, 6.45) is 1.75. The van der Waals surface area contributed by atoms with Gasteiger partial charge in [0.2, 0.25) is 0 Å². The van der Waals surface area contributed by atoms with Gasteiger partial charge in [-0.05, 0) is 30.3 Å². The number of aryl methyl sites for hydroxylation is 1. The van der Waals surface area contributed by atoms with Crippen LogP contribution in [0.15, 0.2) is 54.7 Å². The van der Waals surface area contributed by atoms with Gasteiger partial charge in [0.15, 0.2) is 0 Å². The third kappa shape index (κ3) is 3.22. The lowest BCUT2D eigenvalue weighted by Crippen LogP contribution is -2.50. The van der Waals surface area contributed by atoms with Crippen molar-refractivity contribution in [3.63, 3.8) is 0 Å². The quantitative estimate of drug-likeness (QED) is 0.518. The first-order valence-electron chi connectivity index (χ1n) is 9.35. The molecule has 0 spiro atoms. The SMILES string of the molecule is COc1ccc(N2CCN(C(=O)C(=O)c3cn(C)c4ccccc34)CC2)cc1. The van der Waals surface area contributed by atoms with Gasteiger partial charge in [0.1, 0.15) is 5.75 Å². The van der Waals surface area contributed by atoms with Crippen LogP contribution in [0, 0.1) is 0 Å². The zero-order chi connectivity index (χ0) is 19.7. The predicted octanol–water partition coefficient (Wildman–Crippen LogP) is 2.72. The number of methoxy groups -OCH3 is 1. The average Bonchev–Trinajstić information content (AvgIpc) is 3.10. The highest BCUT2D eigenvalue weighted by Crippen LogP contribution is 2.23. The van der Waals surface area contributed by atoms with E-state index in [0.29, 0.717) is 31.7 Å². The molecule has 6 nitrogen and oxygen atoms in total. The number of amides is 1. The number of hydrogen-bond donors (Lipinski definition) is 0. The van der Waals surface area contributed by atoms with Crippen molar-refractivity contribution in [2.45, 2.75) is 0 Å². The van der Waals surface area contributed by atoms with Crippen LogP contribution in [0.4, 0.5) is 5.69 Å². The number of anilines is 1. The van der Waals surface area contributed by atoms with Crippen LogP contribution in [0.2, 0.25) is 0 Å². The van der Waals surface area contributed by atoms with Gasteiger partial charge in [0, 0.05) is 56.0 Å². The molecule has 1 aliphatic rings. The standard InChI is InChI=1S/C22H23N3O3/c1-23-15-19(18-5-3-4-6-20(18)23)21(26)22(27)25-13-11-24(12-14-25)16-7-9-17(28-2)10-8-16/h3-10,15H,11-14H2,1-2H3. The van der Waals surface area contributed by atoms with Crippen LogP contribution in [0.5, 0.6) is 5.75 Å². The van der Waals surface area contributed by atoms with Crippen LogP contribution in [0.1, 0.15) is 10.4 Å². The maximum Gasteiger partial charge on any atom is 0.295 e. The largest absolute Gasteiger partial charge is 0.497 e. The summed E-state index contributed by atoms with van der Waals surface area (Å²) in [5, 5.41) is 0.820. The molecule has 28 heavy (non-hydrogen) atoms. The number of fused-ring (bicyclic) bond motifs is 1. The van der Waals surface area contributed by atoms with E-state index in [0.717, 1.165) is 22.3 Å². The Kier molecular flexibility index (Phi) is 4.77. The zero-order valence-electron chi connectivity index (χ0n) is 16.1. The van der Waals surface area contributed by atoms with Crippen LogP contribution >= 0.6 is 0 Å². The molecule has 0 N–H and O–H groups in total. The highest BCUT2D eigenvalue weighted by molar-refractivity contribution is 6.44. The summed E-state index contributed by atoms with van der Waals surface area (Å²) in [6.45, 7) is 2.45. The van der Waals surface area contributed by atoms with E-state index in [2.05, 4.69) is 4.90 Å². The fraction of sp³-hybridized carbons (Fsp3) is 0.273. The predicted molar refractivity (Wildman–Crippen MR) is 109 cm³/mol. The van der Waals surface area contributed by atoms with Crippen molar-refractivity contribution >= 4 is 28.3 Å². The fourth-order valence-electron chi connectivity index (χ4n) is 3.74. The monoisotopic (exact) mass is 377 g/mol. The topological polar surface area (TPSA) is 54.8 Å². The molecule has 2 heterocycles. The first-order valence-corrected chi connectivity index (χ1v) is 9.35. The van der Waals surface area contributed by atoms with E-state index >= 15 is 0 Å². The highest BCUT2D eigenvalue weighted by Gasteiger charge is 2.28. The second-order valence-corrected chi connectivity index (χ2v) is 6.98. The Bertz CT molecular complexity index is 1020. The second kappa shape index (κ2) is 7.38. The number of ether oxygens (including phenoxy) is 1. The third-order valence-electron chi connectivity index (χ3n) is 5.34. The van der Waals surface area contributed by atoms with E-state index in [1.54, 1.807) is 18.2 Å². The van der Waals surface area contributed by atoms with Crippen molar-refractivity contribution in [3.8, 4) is 5.75 Å². The summed E-state index contributed by atoms with van der Waals surface area (Å²) < 4.78 is 7.08. The van der Waals surface area contributed by atoms with Crippen LogP contribution in [0.3, 0.4) is 0 Å². The lowest BCUT2D eigenvalue weighted by Gasteiger charge is -2.35. The maximum absolute atomic E-state index is 12.9. The van der Waals surface area contributed by atoms with Crippen molar-refractivity contribution in [1.82, 2.24) is 9.47 Å². The lowest BCUT2D eigenvalue weighted by atomic mass is 10.1. The summed E-state index contributed by atoms with van der Waals surface area (Å²) in [6, 6.07) is 15.5. The summed E-state index contributed by atoms with van der Waals surface area (Å²) in [7, 11) is 3.53. The van der Waals surface area contributed by atoms with E-state index in [1.807, 2.05) is 60.1 Å². The molecule has 4 rings (SSSR count). The Balaban J connectivity index is 1.45. The molecule has 0 bridgehead atoms. The first-order chi connectivity index (χ1) is 13.6. The maximum atomic E-state index is 12.9. The van der Waals surface area contributed by atoms with E-state index < -0.39 is 11.7 Å². The van der Waals surface area contributed by atoms with Gasteiger partial charge in [-0.15, -0.1) is 0 Å². The molecule has 2 aromatic carbocycles. The number of aromatic nitrogens is 1. The molecule has 1 aliphatic heterocycles. The van der Waals surface area contributed by atoms with Crippen molar-refractivity contribution in [2.75, 3.05) is 38.2 Å². The van der Waals surface area contributed by atoms with Crippen LogP contribution < -0.4 is 9.64 Å². The Labute approximate surface area is 163 Å². The van der Waals surface area contributed by atoms with Gasteiger partial charge >= 0.3 is 0 Å². The number of carbonyl (C=O) groups is 2. The summed E-state index contributed by atoms with van der Waals surface area (Å²) >= 11 is 0. The number of nitrogens with zero attached hydrogens (tertiary/aromatic N) is 3. The Morgan fingerprint density at radius 1 is 0.929 bits per heavy atom. The van der Waals surface area contributed by atoms with Gasteiger partial charge in [-0.25, -0.2) is 0 Å². The molecule has 1 aromatic heterocycles. The minimum atomic E-state index is -0.435. The number of carbonyl (C=O) groups excluding carboxylic acids is 2. The van der Waals surface area contributed by atoms with Gasteiger partial charge in [-0.2, -0.15) is 0 Å². The molecule has 6 heteroatoms. The molecule has 0 radical (unpaired) electrons. The number of para-hydroxylation sites is 1. The van der Waals surface area contributed by atoms with Gasteiger partial charge in [-0.3, -0.25) is 9.59 Å². The highest BCUT2D eigenvalue weighted by atomic mass is 16.5. The number of ketones is 1. The number of piperazine rings is 1. The Morgan fingerprint density at radius 2 is 1.61 bits per heavy atom. The number of hydrogen-bond acceptors (Lipinski definition) is 4. The van der Waals surface area contributed by atoms with Crippen molar-refractivity contribution in [3.05, 3.63) is 60.3 Å². The third-order valence-corrected chi connectivity index (χ3v) is 5.34. The minimum absolute atomic E-state index is 0.425. The first kappa shape index (κ1) is 18.1. The van der Waals surface area contributed by atoms with Crippen molar-refractivity contribution < 1.29 is 14.3 Å². The molecule has 1 fully saturated rings. The van der Waals surface area contributed by atoms with Crippen LogP contribution in [-0.4, -0.2) is 54.4 Å². The molecule has 1 amide bonds. The summed E-state index contributed by atoms with van der Waals surface area (Å²) in [5.74, 6) is -0.0429.